The molecule has 0 aromatic carbocycles. The van der Waals surface area contributed by atoms with Crippen LogP contribution < -0.4 is 11.1 Å². The van der Waals surface area contributed by atoms with Gasteiger partial charge in [0.25, 0.3) is 0 Å². The summed E-state index contributed by atoms with van der Waals surface area (Å²) >= 11 is 1.27. The maximum absolute atomic E-state index is 11.2. The van der Waals surface area contributed by atoms with Crippen LogP contribution in [0.5, 0.6) is 0 Å². The Morgan fingerprint density at radius 2 is 2.06 bits per heavy atom. The second-order valence-electron chi connectivity index (χ2n) is 3.24. The number of methoxy groups -OCH3 is 1. The van der Waals surface area contributed by atoms with Gasteiger partial charge >= 0.3 is 12.1 Å². The highest BCUT2D eigenvalue weighted by Crippen LogP contribution is 2.04. The Balaban J connectivity index is 3.63. The van der Waals surface area contributed by atoms with Gasteiger partial charge in [0.05, 0.1) is 19.5 Å². The first-order chi connectivity index (χ1) is 8.51. The van der Waals surface area contributed by atoms with Crippen LogP contribution >= 0.6 is 11.8 Å². The first kappa shape index (κ1) is 16.7. The van der Waals surface area contributed by atoms with E-state index >= 15 is 0 Å². The number of alkyl carbamates (subject to hydrolysis) is 1. The van der Waals surface area contributed by atoms with E-state index in [-0.39, 0.29) is 12.4 Å². The first-order valence-corrected chi connectivity index (χ1v) is 6.54. The average Bonchev–Trinajstić information content (AvgIpc) is 2.33. The fraction of sp³-hybridized carbons (Fsp3) is 0.700. The molecule has 1 atom stereocenters. The number of carbonyl (C=O) groups excluding carboxylic acids is 3. The minimum Gasteiger partial charge on any atom is -0.468 e. The van der Waals surface area contributed by atoms with Gasteiger partial charge in [0.1, 0.15) is 6.04 Å². The lowest BCUT2D eigenvalue weighted by molar-refractivity contribution is -0.142. The Bertz CT molecular complexity index is 298. The van der Waals surface area contributed by atoms with Gasteiger partial charge < -0.3 is 15.2 Å². The summed E-state index contributed by atoms with van der Waals surface area (Å²) in [6.07, 6.45) is -0.348. The van der Waals surface area contributed by atoms with E-state index in [1.165, 1.54) is 18.9 Å². The summed E-state index contributed by atoms with van der Waals surface area (Å²) in [6, 6.07) is -0.685. The molecule has 0 spiro atoms. The van der Waals surface area contributed by atoms with Gasteiger partial charge in [0, 0.05) is 0 Å². The molecular weight excluding hydrogens is 260 g/mol. The van der Waals surface area contributed by atoms with Crippen molar-refractivity contribution in [3.05, 3.63) is 0 Å². The van der Waals surface area contributed by atoms with Gasteiger partial charge in [0.15, 0.2) is 0 Å². The van der Waals surface area contributed by atoms with E-state index in [0.717, 1.165) is 0 Å². The minimum absolute atomic E-state index is 0.104. The van der Waals surface area contributed by atoms with Gasteiger partial charge in [-0.1, -0.05) is 0 Å². The number of rotatable bonds is 7. The van der Waals surface area contributed by atoms with Crippen molar-refractivity contribution in [1.82, 2.24) is 5.32 Å². The zero-order valence-electron chi connectivity index (χ0n) is 10.4. The number of amides is 2. The van der Waals surface area contributed by atoms with Gasteiger partial charge in [-0.3, -0.25) is 14.9 Å². The number of hydrogen-bond donors (Lipinski definition) is 2. The number of imide groups is 1. The molecule has 8 heteroatoms. The summed E-state index contributed by atoms with van der Waals surface area (Å²) in [4.78, 5) is 33.0. The second-order valence-corrected chi connectivity index (χ2v) is 4.34. The van der Waals surface area contributed by atoms with Crippen molar-refractivity contribution in [2.45, 2.75) is 19.4 Å². The highest BCUT2D eigenvalue weighted by molar-refractivity contribution is 7.99. The molecule has 0 saturated carbocycles. The maximum atomic E-state index is 11.2. The number of ether oxygens (including phenoxy) is 2. The van der Waals surface area contributed by atoms with Crippen molar-refractivity contribution >= 4 is 29.7 Å². The van der Waals surface area contributed by atoms with Crippen LogP contribution in [0, 0.1) is 0 Å². The molecule has 7 nitrogen and oxygen atoms in total. The Kier molecular flexibility index (Phi) is 9.03. The normalized spacial score (nSPS) is 11.5. The molecule has 1 unspecified atom stereocenters. The van der Waals surface area contributed by atoms with Gasteiger partial charge in [0.2, 0.25) is 5.91 Å². The van der Waals surface area contributed by atoms with Crippen molar-refractivity contribution in [3.8, 4) is 0 Å². The van der Waals surface area contributed by atoms with Gasteiger partial charge in [-0.15, -0.1) is 0 Å². The minimum atomic E-state index is -0.755. The van der Waals surface area contributed by atoms with E-state index < -0.39 is 24.0 Å². The third kappa shape index (κ3) is 7.91. The highest BCUT2D eigenvalue weighted by atomic mass is 32.2. The van der Waals surface area contributed by atoms with Crippen molar-refractivity contribution in [1.29, 1.82) is 0 Å². The molecule has 0 aliphatic carbocycles. The van der Waals surface area contributed by atoms with Crippen LogP contribution in [0.1, 0.15) is 13.3 Å². The second kappa shape index (κ2) is 9.72. The summed E-state index contributed by atoms with van der Waals surface area (Å²) < 4.78 is 9.00. The Morgan fingerprint density at radius 3 is 2.61 bits per heavy atom. The predicted molar refractivity (Wildman–Crippen MR) is 67.1 cm³/mol. The van der Waals surface area contributed by atoms with E-state index in [4.69, 9.17) is 5.73 Å². The van der Waals surface area contributed by atoms with Crippen molar-refractivity contribution < 1.29 is 23.9 Å². The Morgan fingerprint density at radius 1 is 1.39 bits per heavy atom. The third-order valence-electron chi connectivity index (χ3n) is 1.83. The van der Waals surface area contributed by atoms with E-state index in [0.29, 0.717) is 12.2 Å². The van der Waals surface area contributed by atoms with Crippen LogP contribution in [0.2, 0.25) is 0 Å². The molecule has 3 N–H and O–H groups in total. The van der Waals surface area contributed by atoms with Crippen LogP contribution in [0.15, 0.2) is 0 Å². The molecule has 0 heterocycles. The number of esters is 1. The van der Waals surface area contributed by atoms with E-state index in [2.05, 4.69) is 14.8 Å². The number of carbonyl (C=O) groups is 3. The molecule has 0 aromatic rings. The third-order valence-corrected chi connectivity index (χ3v) is 2.82. The predicted octanol–water partition coefficient (Wildman–Crippen LogP) is -0.117. The molecule has 0 bridgehead atoms. The molecule has 0 saturated heterocycles. The van der Waals surface area contributed by atoms with Gasteiger partial charge in [-0.05, 0) is 19.1 Å². The average molecular weight is 278 g/mol. The Hall–Kier alpha value is -1.28. The maximum Gasteiger partial charge on any atom is 0.413 e. The zero-order chi connectivity index (χ0) is 14.0. The standard InChI is InChI=1S/C10H18N2O5S/c1-3-17-10(15)12-8(13)6-18-5-4-7(11)9(14)16-2/h7H,3-6,11H2,1-2H3,(H,12,13,15). The fourth-order valence-electron chi connectivity index (χ4n) is 0.961. The summed E-state index contributed by atoms with van der Waals surface area (Å²) in [5, 5.41) is 2.06. The smallest absolute Gasteiger partial charge is 0.413 e. The SMILES string of the molecule is CCOC(=O)NC(=O)CSCCC(N)C(=O)OC. The van der Waals surface area contributed by atoms with E-state index in [1.807, 2.05) is 0 Å². The fourth-order valence-corrected chi connectivity index (χ4v) is 1.78. The molecule has 104 valence electrons. The summed E-state index contributed by atoms with van der Waals surface area (Å²) in [7, 11) is 1.27. The van der Waals surface area contributed by atoms with Crippen molar-refractivity contribution in [3.63, 3.8) is 0 Å². The number of thioether (sulfide) groups is 1. The van der Waals surface area contributed by atoms with Crippen molar-refractivity contribution in [2.75, 3.05) is 25.2 Å². The molecule has 0 aliphatic heterocycles. The van der Waals surface area contributed by atoms with Crippen molar-refractivity contribution in [2.24, 2.45) is 5.73 Å². The molecule has 0 fully saturated rings. The summed E-state index contributed by atoms with van der Waals surface area (Å²) in [5.74, 6) is -0.296. The molecule has 0 radical (unpaired) electrons. The van der Waals surface area contributed by atoms with Gasteiger partial charge in [-0.25, -0.2) is 4.79 Å². The lowest BCUT2D eigenvalue weighted by Gasteiger charge is -2.08. The van der Waals surface area contributed by atoms with E-state index in [1.54, 1.807) is 6.92 Å². The number of nitrogens with one attached hydrogen (secondary N) is 1. The highest BCUT2D eigenvalue weighted by Gasteiger charge is 2.13. The first-order valence-electron chi connectivity index (χ1n) is 5.39. The Labute approximate surface area is 110 Å². The summed E-state index contributed by atoms with van der Waals surface area (Å²) in [6.45, 7) is 1.85. The largest absolute Gasteiger partial charge is 0.468 e. The van der Waals surface area contributed by atoms with Crippen LogP contribution in [0.3, 0.4) is 0 Å². The lowest BCUT2D eigenvalue weighted by Crippen LogP contribution is -2.33. The molecule has 0 aliphatic rings. The number of nitrogens with two attached hydrogens (primary N) is 1. The summed E-state index contributed by atoms with van der Waals surface area (Å²) in [5.41, 5.74) is 5.50. The molecule has 0 rings (SSSR count). The van der Waals surface area contributed by atoms with Gasteiger partial charge in [-0.2, -0.15) is 11.8 Å². The lowest BCUT2D eigenvalue weighted by atomic mass is 10.2. The quantitative estimate of drug-likeness (QED) is 0.494. The van der Waals surface area contributed by atoms with E-state index in [9.17, 15) is 14.4 Å². The van der Waals surface area contributed by atoms with Crippen LogP contribution in [-0.2, 0) is 19.1 Å². The molecular formula is C10H18N2O5S. The van der Waals surface area contributed by atoms with Crippen LogP contribution in [0.25, 0.3) is 0 Å². The molecule has 2 amide bonds. The molecule has 0 aromatic heterocycles. The zero-order valence-corrected chi connectivity index (χ0v) is 11.2. The topological polar surface area (TPSA) is 108 Å². The molecule has 18 heavy (non-hydrogen) atoms. The monoisotopic (exact) mass is 278 g/mol. The van der Waals surface area contributed by atoms with Crippen LogP contribution in [-0.4, -0.2) is 49.2 Å². The van der Waals surface area contributed by atoms with Crippen LogP contribution in [0.4, 0.5) is 4.79 Å². The number of hydrogen-bond acceptors (Lipinski definition) is 7.